The Morgan fingerprint density at radius 3 is 2.47 bits per heavy atom. The first-order valence-corrected chi connectivity index (χ1v) is 11.5. The van der Waals surface area contributed by atoms with Crippen LogP contribution < -0.4 is 5.32 Å². The van der Waals surface area contributed by atoms with Gasteiger partial charge < -0.3 is 5.32 Å². The molecule has 0 radical (unpaired) electrons. The van der Waals surface area contributed by atoms with Crippen LogP contribution in [0.3, 0.4) is 0 Å². The maximum Gasteiger partial charge on any atom is 0.268 e. The summed E-state index contributed by atoms with van der Waals surface area (Å²) in [5.74, 6) is -1.11. The number of rotatable bonds is 5. The highest BCUT2D eigenvalue weighted by molar-refractivity contribution is 7.90. The van der Waals surface area contributed by atoms with E-state index in [-0.39, 0.29) is 40.3 Å². The van der Waals surface area contributed by atoms with Gasteiger partial charge in [-0.15, -0.1) is 0 Å². The van der Waals surface area contributed by atoms with Crippen LogP contribution in [0, 0.1) is 11.7 Å². The number of halogens is 1. The van der Waals surface area contributed by atoms with E-state index in [1.54, 1.807) is 19.1 Å². The van der Waals surface area contributed by atoms with Gasteiger partial charge in [0.1, 0.15) is 10.7 Å². The highest BCUT2D eigenvalue weighted by atomic mass is 32.2. The highest BCUT2D eigenvalue weighted by Gasteiger charge is 2.40. The summed E-state index contributed by atoms with van der Waals surface area (Å²) in [6.07, 6.45) is 4.07. The zero-order valence-corrected chi connectivity index (χ0v) is 17.4. The van der Waals surface area contributed by atoms with E-state index in [2.05, 4.69) is 5.32 Å². The van der Waals surface area contributed by atoms with Crippen LogP contribution in [0.4, 0.5) is 4.39 Å². The van der Waals surface area contributed by atoms with Crippen molar-refractivity contribution in [1.29, 1.82) is 0 Å². The first-order chi connectivity index (χ1) is 14.3. The van der Waals surface area contributed by atoms with Crippen LogP contribution in [-0.4, -0.2) is 31.1 Å². The smallest absolute Gasteiger partial charge is 0.268 e. The SMILES string of the molecule is CCN1C(=O)c2ccc(C(=O)NC(c3ccc(F)cc3)C3CCCC3)cc2S1(=O)=O. The molecule has 0 aromatic heterocycles. The second kappa shape index (κ2) is 7.83. The van der Waals surface area contributed by atoms with Crippen LogP contribution in [0.15, 0.2) is 47.4 Å². The Labute approximate surface area is 175 Å². The summed E-state index contributed by atoms with van der Waals surface area (Å²) in [6.45, 7) is 1.62. The molecule has 0 spiro atoms. The standard InChI is InChI=1S/C22H23FN2O4S/c1-2-25-22(27)18-12-9-16(13-19(18)30(25,28)29)21(26)24-20(14-5-3-4-6-14)15-7-10-17(23)11-8-15/h7-14,20H,2-6H2,1H3,(H,24,26). The predicted octanol–water partition coefficient (Wildman–Crippen LogP) is 3.65. The molecule has 2 amide bonds. The molecule has 0 bridgehead atoms. The number of amides is 2. The number of benzene rings is 2. The van der Waals surface area contributed by atoms with E-state index >= 15 is 0 Å². The molecule has 8 heteroatoms. The van der Waals surface area contributed by atoms with Gasteiger partial charge in [0.15, 0.2) is 0 Å². The van der Waals surface area contributed by atoms with Crippen molar-refractivity contribution in [3.63, 3.8) is 0 Å². The first kappa shape index (κ1) is 20.5. The molecule has 1 N–H and O–H groups in total. The number of fused-ring (bicyclic) bond motifs is 1. The average Bonchev–Trinajstić information content (AvgIpc) is 3.32. The van der Waals surface area contributed by atoms with Crippen molar-refractivity contribution in [1.82, 2.24) is 9.62 Å². The molecule has 1 atom stereocenters. The fraction of sp³-hybridized carbons (Fsp3) is 0.364. The fourth-order valence-electron chi connectivity index (χ4n) is 4.39. The molecule has 1 aliphatic heterocycles. The molecule has 30 heavy (non-hydrogen) atoms. The molecule has 6 nitrogen and oxygen atoms in total. The molecule has 1 fully saturated rings. The van der Waals surface area contributed by atoms with Gasteiger partial charge in [0, 0.05) is 12.1 Å². The number of carbonyl (C=O) groups is 2. The normalized spacial score (nSPS) is 19.0. The van der Waals surface area contributed by atoms with Crippen LogP contribution >= 0.6 is 0 Å². The molecular formula is C22H23FN2O4S. The molecule has 0 saturated heterocycles. The Balaban J connectivity index is 1.64. The third-order valence-electron chi connectivity index (χ3n) is 5.94. The van der Waals surface area contributed by atoms with Crippen molar-refractivity contribution in [3.8, 4) is 0 Å². The zero-order valence-electron chi connectivity index (χ0n) is 16.6. The van der Waals surface area contributed by atoms with Crippen molar-refractivity contribution in [2.24, 2.45) is 5.92 Å². The van der Waals surface area contributed by atoms with Crippen LogP contribution in [0.25, 0.3) is 0 Å². The minimum absolute atomic E-state index is 0.0334. The summed E-state index contributed by atoms with van der Waals surface area (Å²) in [6, 6.07) is 9.92. The molecule has 2 aromatic rings. The summed E-state index contributed by atoms with van der Waals surface area (Å²) in [4.78, 5) is 25.2. The fourth-order valence-corrected chi connectivity index (χ4v) is 5.99. The molecule has 158 valence electrons. The first-order valence-electron chi connectivity index (χ1n) is 10.1. The van der Waals surface area contributed by atoms with Gasteiger partial charge in [0.25, 0.3) is 21.8 Å². The lowest BCUT2D eigenvalue weighted by Crippen LogP contribution is -2.33. The Hall–Kier alpha value is -2.74. The topological polar surface area (TPSA) is 83.6 Å². The highest BCUT2D eigenvalue weighted by Crippen LogP contribution is 2.36. The Morgan fingerprint density at radius 1 is 1.17 bits per heavy atom. The van der Waals surface area contributed by atoms with Crippen molar-refractivity contribution in [2.45, 2.75) is 43.5 Å². The third-order valence-corrected chi connectivity index (χ3v) is 7.84. The van der Waals surface area contributed by atoms with Gasteiger partial charge in [-0.05, 0) is 61.6 Å². The third kappa shape index (κ3) is 3.49. The van der Waals surface area contributed by atoms with Crippen molar-refractivity contribution in [2.75, 3.05) is 6.54 Å². The Bertz CT molecular complexity index is 1090. The van der Waals surface area contributed by atoms with Gasteiger partial charge in [-0.2, -0.15) is 0 Å². The largest absolute Gasteiger partial charge is 0.345 e. The molecule has 4 rings (SSSR count). The second-order valence-corrected chi connectivity index (χ2v) is 9.56. The number of sulfonamides is 1. The lowest BCUT2D eigenvalue weighted by molar-refractivity contribution is 0.0873. The minimum Gasteiger partial charge on any atom is -0.345 e. The van der Waals surface area contributed by atoms with Crippen LogP contribution in [0.1, 0.15) is 64.9 Å². The van der Waals surface area contributed by atoms with Gasteiger partial charge in [0.05, 0.1) is 11.6 Å². The van der Waals surface area contributed by atoms with Gasteiger partial charge >= 0.3 is 0 Å². The van der Waals surface area contributed by atoms with E-state index in [9.17, 15) is 22.4 Å². The second-order valence-electron chi connectivity index (χ2n) is 7.73. The number of hydrogen-bond donors (Lipinski definition) is 1. The van der Waals surface area contributed by atoms with Crippen molar-refractivity contribution in [3.05, 3.63) is 65.0 Å². The van der Waals surface area contributed by atoms with E-state index in [1.807, 2.05) is 0 Å². The van der Waals surface area contributed by atoms with Gasteiger partial charge in [-0.25, -0.2) is 17.1 Å². The van der Waals surface area contributed by atoms with Crippen LogP contribution in [0.2, 0.25) is 0 Å². The lowest BCUT2D eigenvalue weighted by Gasteiger charge is -2.25. The van der Waals surface area contributed by atoms with Gasteiger partial charge in [-0.3, -0.25) is 9.59 Å². The molecule has 1 heterocycles. The van der Waals surface area contributed by atoms with Crippen molar-refractivity contribution < 1.29 is 22.4 Å². The molecule has 2 aliphatic rings. The Morgan fingerprint density at radius 2 is 1.83 bits per heavy atom. The number of carbonyl (C=O) groups excluding carboxylic acids is 2. The van der Waals surface area contributed by atoms with Crippen LogP contribution in [-0.2, 0) is 10.0 Å². The summed E-state index contributed by atoms with van der Waals surface area (Å²) in [5, 5.41) is 3.01. The summed E-state index contributed by atoms with van der Waals surface area (Å²) in [5.41, 5.74) is 1.07. The molecule has 1 aliphatic carbocycles. The van der Waals surface area contributed by atoms with Gasteiger partial charge in [-0.1, -0.05) is 25.0 Å². The van der Waals surface area contributed by atoms with E-state index in [0.717, 1.165) is 35.6 Å². The average molecular weight is 431 g/mol. The number of nitrogens with zero attached hydrogens (tertiary/aromatic N) is 1. The summed E-state index contributed by atoms with van der Waals surface area (Å²) < 4.78 is 39.4. The van der Waals surface area contributed by atoms with Crippen molar-refractivity contribution >= 4 is 21.8 Å². The number of hydrogen-bond acceptors (Lipinski definition) is 4. The van der Waals surface area contributed by atoms with E-state index < -0.39 is 21.8 Å². The van der Waals surface area contributed by atoms with Crippen LogP contribution in [0.5, 0.6) is 0 Å². The number of nitrogens with one attached hydrogen (secondary N) is 1. The monoisotopic (exact) mass is 430 g/mol. The maximum absolute atomic E-state index is 13.4. The maximum atomic E-state index is 13.4. The Kier molecular flexibility index (Phi) is 5.36. The zero-order chi connectivity index (χ0) is 21.5. The minimum atomic E-state index is -3.94. The quantitative estimate of drug-likeness (QED) is 0.785. The molecular weight excluding hydrogens is 407 g/mol. The predicted molar refractivity (Wildman–Crippen MR) is 109 cm³/mol. The summed E-state index contributed by atoms with van der Waals surface area (Å²) >= 11 is 0. The molecule has 2 aromatic carbocycles. The van der Waals surface area contributed by atoms with E-state index in [4.69, 9.17) is 0 Å². The summed E-state index contributed by atoms with van der Waals surface area (Å²) in [7, 11) is -3.94. The van der Waals surface area contributed by atoms with E-state index in [0.29, 0.717) is 0 Å². The molecule has 1 unspecified atom stereocenters. The van der Waals surface area contributed by atoms with Gasteiger partial charge in [0.2, 0.25) is 0 Å². The molecule has 1 saturated carbocycles. The lowest BCUT2D eigenvalue weighted by atomic mass is 9.91. The van der Waals surface area contributed by atoms with E-state index in [1.165, 1.54) is 30.3 Å².